The average Bonchev–Trinajstić information content (AvgIpc) is 2.41. The van der Waals surface area contributed by atoms with E-state index < -0.39 is 0 Å². The number of rotatable bonds is 4. The summed E-state index contributed by atoms with van der Waals surface area (Å²) in [5, 5.41) is 3.12. The van der Waals surface area contributed by atoms with Gasteiger partial charge in [-0.1, -0.05) is 36.8 Å². The fourth-order valence-corrected chi connectivity index (χ4v) is 2.83. The monoisotopic (exact) mass is 253 g/mol. The van der Waals surface area contributed by atoms with Crippen molar-refractivity contribution in [3.63, 3.8) is 0 Å². The number of aromatic nitrogens is 2. The van der Waals surface area contributed by atoms with Crippen molar-refractivity contribution >= 4 is 0 Å². The molecule has 1 aliphatic rings. The molecule has 0 saturated heterocycles. The summed E-state index contributed by atoms with van der Waals surface area (Å²) in [6, 6.07) is 10.7. The Kier molecular flexibility index (Phi) is 3.30. The molecule has 2 aromatic rings. The van der Waals surface area contributed by atoms with E-state index in [9.17, 15) is 0 Å². The van der Waals surface area contributed by atoms with Gasteiger partial charge in [0.2, 0.25) is 0 Å². The smallest absolute Gasteiger partial charge is 0.138 e. The third-order valence-corrected chi connectivity index (χ3v) is 4.05. The molecule has 0 bridgehead atoms. The molecule has 1 saturated carbocycles. The van der Waals surface area contributed by atoms with Gasteiger partial charge in [0, 0.05) is 24.5 Å². The summed E-state index contributed by atoms with van der Waals surface area (Å²) in [4.78, 5) is 9.23. The van der Waals surface area contributed by atoms with Gasteiger partial charge >= 0.3 is 0 Å². The Hall–Kier alpha value is -1.74. The first kappa shape index (κ1) is 12.3. The lowest BCUT2D eigenvalue weighted by Crippen LogP contribution is -2.37. The van der Waals surface area contributed by atoms with Crippen LogP contribution in [0.5, 0.6) is 0 Å². The molecule has 1 heterocycles. The van der Waals surface area contributed by atoms with Gasteiger partial charge in [0.1, 0.15) is 5.82 Å². The van der Waals surface area contributed by atoms with Crippen molar-refractivity contribution in [1.29, 1.82) is 0 Å². The molecule has 0 amide bonds. The van der Waals surface area contributed by atoms with Crippen molar-refractivity contribution in [3.05, 3.63) is 59.7 Å². The highest BCUT2D eigenvalue weighted by Gasteiger charge is 2.42. The summed E-state index contributed by atoms with van der Waals surface area (Å²) < 4.78 is 0. The largest absolute Gasteiger partial charge is 0.316 e. The van der Waals surface area contributed by atoms with Gasteiger partial charge in [-0.2, -0.15) is 0 Å². The van der Waals surface area contributed by atoms with Crippen molar-refractivity contribution in [3.8, 4) is 0 Å². The van der Waals surface area contributed by atoms with Crippen molar-refractivity contribution in [2.75, 3.05) is 7.05 Å². The molecule has 1 fully saturated rings. The maximum absolute atomic E-state index is 4.62. The van der Waals surface area contributed by atoms with Crippen LogP contribution in [0, 0.1) is 0 Å². The summed E-state index contributed by atoms with van der Waals surface area (Å²) in [6.07, 6.45) is 7.46. The molecular formula is C16H19N3. The molecule has 19 heavy (non-hydrogen) atoms. The third-order valence-electron chi connectivity index (χ3n) is 4.05. The number of nitrogens with one attached hydrogen (secondary N) is 1. The van der Waals surface area contributed by atoms with Crippen LogP contribution in [0.25, 0.3) is 0 Å². The van der Waals surface area contributed by atoms with E-state index in [1.54, 1.807) is 0 Å². The zero-order chi connectivity index (χ0) is 13.1. The molecule has 1 N–H and O–H groups in total. The second kappa shape index (κ2) is 5.10. The Balaban J connectivity index is 1.94. The highest BCUT2D eigenvalue weighted by molar-refractivity contribution is 5.35. The van der Waals surface area contributed by atoms with Gasteiger partial charge in [-0.15, -0.1) is 0 Å². The lowest BCUT2D eigenvalue weighted by Gasteiger charge is -2.40. The molecule has 0 radical (unpaired) electrons. The van der Waals surface area contributed by atoms with Gasteiger partial charge in [-0.05, 0) is 25.5 Å². The number of nitrogens with zero attached hydrogens (tertiary/aromatic N) is 2. The van der Waals surface area contributed by atoms with Crippen molar-refractivity contribution < 1.29 is 0 Å². The second-order valence-corrected chi connectivity index (χ2v) is 5.25. The van der Waals surface area contributed by atoms with Gasteiger partial charge in [0.05, 0.1) is 5.41 Å². The number of benzene rings is 1. The Bertz CT molecular complexity index is 530. The van der Waals surface area contributed by atoms with E-state index in [1.807, 2.05) is 19.4 Å². The van der Waals surface area contributed by atoms with Gasteiger partial charge < -0.3 is 5.32 Å². The van der Waals surface area contributed by atoms with Crippen LogP contribution < -0.4 is 5.32 Å². The Morgan fingerprint density at radius 1 is 1.11 bits per heavy atom. The van der Waals surface area contributed by atoms with Crippen molar-refractivity contribution in [1.82, 2.24) is 15.3 Å². The highest BCUT2D eigenvalue weighted by Crippen LogP contribution is 2.47. The van der Waals surface area contributed by atoms with E-state index in [4.69, 9.17) is 0 Å². The highest BCUT2D eigenvalue weighted by atomic mass is 14.9. The van der Waals surface area contributed by atoms with Crippen LogP contribution in [0.2, 0.25) is 0 Å². The molecule has 1 aliphatic carbocycles. The number of hydrogen-bond donors (Lipinski definition) is 1. The van der Waals surface area contributed by atoms with Crippen LogP contribution in [0.15, 0.2) is 42.7 Å². The maximum atomic E-state index is 4.62. The van der Waals surface area contributed by atoms with Crippen LogP contribution in [0.3, 0.4) is 0 Å². The molecule has 0 atom stereocenters. The molecular weight excluding hydrogens is 234 g/mol. The molecule has 3 nitrogen and oxygen atoms in total. The summed E-state index contributed by atoms with van der Waals surface area (Å²) >= 11 is 0. The topological polar surface area (TPSA) is 37.8 Å². The fraction of sp³-hybridized carbons (Fsp3) is 0.375. The molecule has 3 rings (SSSR count). The molecule has 98 valence electrons. The number of hydrogen-bond acceptors (Lipinski definition) is 3. The first-order chi connectivity index (χ1) is 9.35. The minimum Gasteiger partial charge on any atom is -0.316 e. The Morgan fingerprint density at radius 3 is 2.32 bits per heavy atom. The Morgan fingerprint density at radius 2 is 1.79 bits per heavy atom. The zero-order valence-corrected chi connectivity index (χ0v) is 11.3. The van der Waals surface area contributed by atoms with Crippen molar-refractivity contribution in [2.24, 2.45) is 0 Å². The summed E-state index contributed by atoms with van der Waals surface area (Å²) in [6.45, 7) is 0.818. The SMILES string of the molecule is CNCc1cnc(C2(c3ccccc3)CCC2)nc1. The van der Waals surface area contributed by atoms with Gasteiger partial charge in [-0.25, -0.2) is 9.97 Å². The minimum atomic E-state index is 0.0550. The van der Waals surface area contributed by atoms with Crippen molar-refractivity contribution in [2.45, 2.75) is 31.2 Å². The Labute approximate surface area is 114 Å². The molecule has 1 aromatic carbocycles. The molecule has 1 aromatic heterocycles. The standard InChI is InChI=1S/C16H19N3/c1-17-10-13-11-18-15(19-12-13)16(8-5-9-16)14-6-3-2-4-7-14/h2-4,6-7,11-12,17H,5,8-10H2,1H3. The summed E-state index contributed by atoms with van der Waals surface area (Å²) in [7, 11) is 1.94. The normalized spacial score (nSPS) is 16.9. The summed E-state index contributed by atoms with van der Waals surface area (Å²) in [5.74, 6) is 0.977. The lowest BCUT2D eigenvalue weighted by molar-refractivity contribution is 0.285. The van der Waals surface area contributed by atoms with Crippen LogP contribution in [0.1, 0.15) is 36.2 Å². The van der Waals surface area contributed by atoms with Gasteiger partial charge in [0.25, 0.3) is 0 Å². The average molecular weight is 253 g/mol. The third kappa shape index (κ3) is 2.15. The fourth-order valence-electron chi connectivity index (χ4n) is 2.83. The lowest BCUT2D eigenvalue weighted by atomic mass is 9.64. The van der Waals surface area contributed by atoms with Gasteiger partial charge in [-0.3, -0.25) is 0 Å². The summed E-state index contributed by atoms with van der Waals surface area (Å²) in [5.41, 5.74) is 2.54. The predicted molar refractivity (Wildman–Crippen MR) is 75.9 cm³/mol. The van der Waals surface area contributed by atoms with Crippen LogP contribution in [0.4, 0.5) is 0 Å². The van der Waals surface area contributed by atoms with E-state index in [-0.39, 0.29) is 5.41 Å². The molecule has 0 unspecified atom stereocenters. The first-order valence-corrected chi connectivity index (χ1v) is 6.87. The molecule has 3 heteroatoms. The van der Waals surface area contributed by atoms with E-state index in [0.717, 1.165) is 30.8 Å². The zero-order valence-electron chi connectivity index (χ0n) is 11.3. The maximum Gasteiger partial charge on any atom is 0.138 e. The molecule has 0 spiro atoms. The quantitative estimate of drug-likeness (QED) is 0.910. The predicted octanol–water partition coefficient (Wildman–Crippen LogP) is 2.67. The molecule has 0 aliphatic heterocycles. The van der Waals surface area contributed by atoms with E-state index >= 15 is 0 Å². The van der Waals surface area contributed by atoms with E-state index in [0.29, 0.717) is 0 Å². The van der Waals surface area contributed by atoms with Crippen LogP contribution in [-0.4, -0.2) is 17.0 Å². The first-order valence-electron chi connectivity index (χ1n) is 6.87. The van der Waals surface area contributed by atoms with Crippen LogP contribution >= 0.6 is 0 Å². The van der Waals surface area contributed by atoms with Crippen LogP contribution in [-0.2, 0) is 12.0 Å². The van der Waals surface area contributed by atoms with E-state index in [1.165, 1.54) is 12.0 Å². The van der Waals surface area contributed by atoms with Gasteiger partial charge in [0.15, 0.2) is 0 Å². The second-order valence-electron chi connectivity index (χ2n) is 5.25. The minimum absolute atomic E-state index is 0.0550. The van der Waals surface area contributed by atoms with E-state index in [2.05, 4.69) is 45.6 Å².